The number of carbonyl (C=O) groups is 4. The molecule has 1 heterocycles. The van der Waals surface area contributed by atoms with Gasteiger partial charge in [-0.1, -0.05) is 6.07 Å². The monoisotopic (exact) mass is 504 g/mol. The number of hydrogen-bond acceptors (Lipinski definition) is 7. The van der Waals surface area contributed by atoms with Crippen molar-refractivity contribution >= 4 is 57.5 Å². The Kier molecular flexibility index (Phi) is 9.12. The molecule has 3 rings (SSSR count). The summed E-state index contributed by atoms with van der Waals surface area (Å²) in [6, 6.07) is 7.03. The van der Waals surface area contributed by atoms with E-state index < -0.39 is 17.2 Å². The summed E-state index contributed by atoms with van der Waals surface area (Å²) in [6.07, 6.45) is 3.44. The first kappa shape index (κ1) is 25.8. The normalized spacial score (nSPS) is 13.5. The predicted octanol–water partition coefficient (Wildman–Crippen LogP) is 4.73. The van der Waals surface area contributed by atoms with Crippen LogP contribution >= 0.6 is 23.1 Å². The number of carboxylic acid groups (broad SMARTS) is 1. The van der Waals surface area contributed by atoms with Crippen LogP contribution in [0.4, 0.5) is 10.7 Å². The van der Waals surface area contributed by atoms with E-state index >= 15 is 0 Å². The smallest absolute Gasteiger partial charge is 0.341 e. The molecule has 0 aliphatic heterocycles. The van der Waals surface area contributed by atoms with Gasteiger partial charge in [-0.2, -0.15) is 0 Å². The fraction of sp³-hybridized carbons (Fsp3) is 0.417. The van der Waals surface area contributed by atoms with Gasteiger partial charge >= 0.3 is 11.9 Å². The summed E-state index contributed by atoms with van der Waals surface area (Å²) < 4.78 is 5.25. The van der Waals surface area contributed by atoms with Crippen LogP contribution in [0.15, 0.2) is 29.2 Å². The maximum atomic E-state index is 13.0. The number of nitrogens with one attached hydrogen (secondary N) is 2. The highest BCUT2D eigenvalue weighted by Gasteiger charge is 2.28. The summed E-state index contributed by atoms with van der Waals surface area (Å²) in [5.41, 5.74) is 2.01. The number of esters is 1. The van der Waals surface area contributed by atoms with Crippen LogP contribution in [0.1, 0.15) is 60.3 Å². The van der Waals surface area contributed by atoms with E-state index in [0.29, 0.717) is 16.3 Å². The van der Waals surface area contributed by atoms with Gasteiger partial charge in [-0.3, -0.25) is 14.4 Å². The molecule has 0 fully saturated rings. The van der Waals surface area contributed by atoms with Crippen molar-refractivity contribution in [2.45, 2.75) is 62.5 Å². The summed E-state index contributed by atoms with van der Waals surface area (Å²) in [5, 5.41) is 14.4. The van der Waals surface area contributed by atoms with Gasteiger partial charge in [0.25, 0.3) is 0 Å². The number of carboxylic acids is 1. The van der Waals surface area contributed by atoms with Crippen molar-refractivity contribution in [1.82, 2.24) is 0 Å². The molecule has 8 nitrogen and oxygen atoms in total. The van der Waals surface area contributed by atoms with Gasteiger partial charge in [-0.25, -0.2) is 4.79 Å². The molecule has 0 saturated carbocycles. The Labute approximate surface area is 206 Å². The van der Waals surface area contributed by atoms with Crippen LogP contribution in [0, 0.1) is 0 Å². The third kappa shape index (κ3) is 6.83. The number of amides is 2. The minimum atomic E-state index is -1.03. The molecule has 2 amide bonds. The average molecular weight is 505 g/mol. The summed E-state index contributed by atoms with van der Waals surface area (Å²) in [5.74, 6) is -2.05. The van der Waals surface area contributed by atoms with Gasteiger partial charge < -0.3 is 20.5 Å². The van der Waals surface area contributed by atoms with E-state index in [-0.39, 0.29) is 31.3 Å². The molecule has 10 heteroatoms. The van der Waals surface area contributed by atoms with E-state index in [2.05, 4.69) is 10.6 Å². The fourth-order valence-corrected chi connectivity index (χ4v) is 5.84. The zero-order valence-electron chi connectivity index (χ0n) is 19.1. The molecule has 182 valence electrons. The van der Waals surface area contributed by atoms with Gasteiger partial charge in [0.05, 0.1) is 23.8 Å². The second kappa shape index (κ2) is 12.0. The van der Waals surface area contributed by atoms with E-state index in [1.54, 1.807) is 32.0 Å². The second-order valence-electron chi connectivity index (χ2n) is 7.85. The summed E-state index contributed by atoms with van der Waals surface area (Å²) >= 11 is 2.77. The van der Waals surface area contributed by atoms with Crippen molar-refractivity contribution in [1.29, 1.82) is 0 Å². The van der Waals surface area contributed by atoms with Crippen LogP contribution < -0.4 is 10.6 Å². The van der Waals surface area contributed by atoms with Crippen molar-refractivity contribution in [2.24, 2.45) is 0 Å². The zero-order valence-corrected chi connectivity index (χ0v) is 20.8. The van der Waals surface area contributed by atoms with E-state index in [1.165, 1.54) is 23.1 Å². The topological polar surface area (TPSA) is 122 Å². The Morgan fingerprint density at radius 3 is 2.65 bits per heavy atom. The largest absolute Gasteiger partial charge is 0.481 e. The molecule has 0 bridgehead atoms. The first-order valence-corrected chi connectivity index (χ1v) is 12.9. The number of carbonyl (C=O) groups excluding carboxylic acids is 3. The Hall–Kier alpha value is -2.85. The quantitative estimate of drug-likeness (QED) is 0.316. The van der Waals surface area contributed by atoms with Gasteiger partial charge in [0.1, 0.15) is 5.00 Å². The van der Waals surface area contributed by atoms with Gasteiger partial charge in [0, 0.05) is 21.9 Å². The van der Waals surface area contributed by atoms with Crippen LogP contribution in [0.3, 0.4) is 0 Å². The van der Waals surface area contributed by atoms with Gasteiger partial charge in [-0.05, 0) is 63.3 Å². The van der Waals surface area contributed by atoms with E-state index in [1.807, 2.05) is 6.07 Å². The maximum absolute atomic E-state index is 13.0. The molecule has 3 N–H and O–H groups in total. The molecule has 1 atom stereocenters. The molecule has 0 radical (unpaired) electrons. The molecule has 1 aromatic carbocycles. The third-order valence-corrected chi connectivity index (χ3v) is 7.55. The van der Waals surface area contributed by atoms with Crippen molar-refractivity contribution in [3.63, 3.8) is 0 Å². The molecular weight excluding hydrogens is 476 g/mol. The lowest BCUT2D eigenvalue weighted by Crippen LogP contribution is -2.23. The first-order chi connectivity index (χ1) is 16.3. The molecule has 1 aliphatic rings. The molecular formula is C24H28N2O6S2. The number of rotatable bonds is 10. The molecule has 1 aromatic heterocycles. The molecule has 1 unspecified atom stereocenters. The maximum Gasteiger partial charge on any atom is 0.341 e. The van der Waals surface area contributed by atoms with Crippen LogP contribution in [0.2, 0.25) is 0 Å². The van der Waals surface area contributed by atoms with Crippen LogP contribution in [-0.4, -0.2) is 40.7 Å². The number of thioether (sulfide) groups is 1. The lowest BCUT2D eigenvalue weighted by atomic mass is 9.95. The number of aliphatic carboxylic acids is 1. The van der Waals surface area contributed by atoms with Gasteiger partial charge in [0.15, 0.2) is 0 Å². The highest BCUT2D eigenvalue weighted by molar-refractivity contribution is 8.00. The highest BCUT2D eigenvalue weighted by atomic mass is 32.2. The van der Waals surface area contributed by atoms with E-state index in [9.17, 15) is 19.2 Å². The summed E-state index contributed by atoms with van der Waals surface area (Å²) in [6.45, 7) is 3.80. The highest BCUT2D eigenvalue weighted by Crippen LogP contribution is 2.39. The number of thiophene rings is 1. The van der Waals surface area contributed by atoms with Crippen molar-refractivity contribution in [2.75, 3.05) is 17.2 Å². The van der Waals surface area contributed by atoms with Crippen molar-refractivity contribution < 1.29 is 29.0 Å². The van der Waals surface area contributed by atoms with Crippen molar-refractivity contribution in [3.8, 4) is 0 Å². The Morgan fingerprint density at radius 2 is 1.91 bits per heavy atom. The van der Waals surface area contributed by atoms with Crippen LogP contribution in [0.5, 0.6) is 0 Å². The summed E-state index contributed by atoms with van der Waals surface area (Å²) in [4.78, 5) is 50.0. The number of anilines is 2. The SMILES string of the molecule is CCOC(=O)c1c(NC(=O)C(C)Sc2cccc(NC(=O)CCC(=O)O)c2)sc2c1CCCC2. The van der Waals surface area contributed by atoms with E-state index in [0.717, 1.165) is 41.0 Å². The van der Waals surface area contributed by atoms with Gasteiger partial charge in [-0.15, -0.1) is 23.1 Å². The molecule has 1 aliphatic carbocycles. The van der Waals surface area contributed by atoms with E-state index in [4.69, 9.17) is 9.84 Å². The minimum Gasteiger partial charge on any atom is -0.481 e. The predicted molar refractivity (Wildman–Crippen MR) is 133 cm³/mol. The third-order valence-electron chi connectivity index (χ3n) is 5.25. The minimum absolute atomic E-state index is 0.112. The number of ether oxygens (including phenoxy) is 1. The molecule has 34 heavy (non-hydrogen) atoms. The number of fused-ring (bicyclic) bond motifs is 1. The molecule has 0 spiro atoms. The van der Waals surface area contributed by atoms with Crippen LogP contribution in [-0.2, 0) is 32.0 Å². The molecule has 0 saturated heterocycles. The lowest BCUT2D eigenvalue weighted by Gasteiger charge is -2.14. The number of hydrogen-bond donors (Lipinski definition) is 3. The Balaban J connectivity index is 1.67. The summed E-state index contributed by atoms with van der Waals surface area (Å²) in [7, 11) is 0. The number of aryl methyl sites for hydroxylation is 1. The Morgan fingerprint density at radius 1 is 1.15 bits per heavy atom. The van der Waals surface area contributed by atoms with Crippen molar-refractivity contribution in [3.05, 3.63) is 40.3 Å². The standard InChI is InChI=1S/C24H28N2O6S2/c1-3-32-24(31)21-17-9-4-5-10-18(17)34-23(21)26-22(30)14(2)33-16-8-6-7-15(13-16)25-19(27)11-12-20(28)29/h6-8,13-14H,3-5,9-12H2,1-2H3,(H,25,27)(H,26,30)(H,28,29). The number of benzene rings is 1. The average Bonchev–Trinajstić information content (AvgIpc) is 3.16. The lowest BCUT2D eigenvalue weighted by molar-refractivity contribution is -0.138. The zero-order chi connectivity index (χ0) is 24.7. The first-order valence-electron chi connectivity index (χ1n) is 11.2. The molecule has 2 aromatic rings. The fourth-order valence-electron chi connectivity index (χ4n) is 3.64. The Bertz CT molecular complexity index is 1080. The van der Waals surface area contributed by atoms with Crippen LogP contribution in [0.25, 0.3) is 0 Å². The second-order valence-corrected chi connectivity index (χ2v) is 10.4. The van der Waals surface area contributed by atoms with Gasteiger partial charge in [0.2, 0.25) is 11.8 Å².